The summed E-state index contributed by atoms with van der Waals surface area (Å²) in [6, 6.07) is 9.41. The van der Waals surface area contributed by atoms with Crippen LogP contribution in [0.15, 0.2) is 30.3 Å². The average molecular weight is 182 g/mol. The molecule has 1 aliphatic heterocycles. The predicted octanol–water partition coefficient (Wildman–Crippen LogP) is 0.637. The summed E-state index contributed by atoms with van der Waals surface area (Å²) in [4.78, 5) is 0. The summed E-state index contributed by atoms with van der Waals surface area (Å²) in [5, 5.41) is 9.86. The zero-order chi connectivity index (χ0) is 8.60. The van der Waals surface area contributed by atoms with Crippen molar-refractivity contribution in [1.29, 1.82) is 0 Å². The van der Waals surface area contributed by atoms with E-state index < -0.39 is 16.4 Å². The molecule has 64 valence electrons. The van der Waals surface area contributed by atoms with E-state index in [0.717, 1.165) is 5.56 Å². The van der Waals surface area contributed by atoms with Crippen molar-refractivity contribution < 1.29 is 9.32 Å². The molecule has 2 nitrogen and oxygen atoms in total. The van der Waals surface area contributed by atoms with Crippen LogP contribution in [0.2, 0.25) is 0 Å². The van der Waals surface area contributed by atoms with Crippen LogP contribution < -0.4 is 0 Å². The first-order valence-electron chi connectivity index (χ1n) is 3.84. The molecule has 0 aromatic heterocycles. The first-order chi connectivity index (χ1) is 5.71. The van der Waals surface area contributed by atoms with Crippen LogP contribution in [0, 0.1) is 0 Å². The maximum atomic E-state index is 10.8. The van der Waals surface area contributed by atoms with Crippen molar-refractivity contribution in [1.82, 2.24) is 0 Å². The quantitative estimate of drug-likeness (QED) is 0.692. The number of benzene rings is 1. The molecule has 1 saturated heterocycles. The molecule has 0 unspecified atom stereocenters. The highest BCUT2D eigenvalue weighted by atomic mass is 32.2. The maximum absolute atomic E-state index is 10.8. The lowest BCUT2D eigenvalue weighted by Gasteiger charge is -2.35. The summed E-state index contributed by atoms with van der Waals surface area (Å²) < 4.78 is 10.8. The standard InChI is InChI=1S/C9H10O2S/c10-9(6-12(11)7-9)8-4-2-1-3-5-8/h1-5,10H,6-7H2. The molecule has 2 rings (SSSR count). The molecule has 3 heteroatoms. The lowest BCUT2D eigenvalue weighted by atomic mass is 9.97. The zero-order valence-corrected chi connectivity index (χ0v) is 7.38. The largest absolute Gasteiger partial charge is 0.383 e. The predicted molar refractivity (Wildman–Crippen MR) is 48.2 cm³/mol. The third kappa shape index (κ3) is 1.19. The van der Waals surface area contributed by atoms with Gasteiger partial charge in [0.2, 0.25) is 0 Å². The summed E-state index contributed by atoms with van der Waals surface area (Å²) in [5.41, 5.74) is 0.0659. The molecule has 0 amide bonds. The van der Waals surface area contributed by atoms with Gasteiger partial charge in [0, 0.05) is 10.8 Å². The average Bonchev–Trinajstić information content (AvgIpc) is 2.04. The Morgan fingerprint density at radius 3 is 2.33 bits per heavy atom. The van der Waals surface area contributed by atoms with E-state index in [1.165, 1.54) is 0 Å². The van der Waals surface area contributed by atoms with Crippen molar-refractivity contribution in [2.75, 3.05) is 11.5 Å². The monoisotopic (exact) mass is 182 g/mol. The van der Waals surface area contributed by atoms with Crippen LogP contribution >= 0.6 is 0 Å². The fraction of sp³-hybridized carbons (Fsp3) is 0.333. The van der Waals surface area contributed by atoms with E-state index in [4.69, 9.17) is 0 Å². The second-order valence-electron chi connectivity index (χ2n) is 3.13. The summed E-state index contributed by atoms with van der Waals surface area (Å²) in [7, 11) is -0.812. The number of rotatable bonds is 1. The third-order valence-electron chi connectivity index (χ3n) is 2.11. The molecule has 0 atom stereocenters. The molecule has 0 bridgehead atoms. The smallest absolute Gasteiger partial charge is 0.113 e. The van der Waals surface area contributed by atoms with Crippen LogP contribution in [0.25, 0.3) is 0 Å². The number of hydrogen-bond acceptors (Lipinski definition) is 2. The Morgan fingerprint density at radius 2 is 1.83 bits per heavy atom. The summed E-state index contributed by atoms with van der Waals surface area (Å²) >= 11 is 0. The van der Waals surface area contributed by atoms with E-state index in [9.17, 15) is 9.32 Å². The Bertz CT molecular complexity index is 300. The summed E-state index contributed by atoms with van der Waals surface area (Å²) in [6.07, 6.45) is 0. The molecule has 0 aliphatic carbocycles. The van der Waals surface area contributed by atoms with E-state index in [0.29, 0.717) is 11.5 Å². The molecule has 0 saturated carbocycles. The molecule has 1 fully saturated rings. The van der Waals surface area contributed by atoms with Crippen molar-refractivity contribution in [2.24, 2.45) is 0 Å². The van der Waals surface area contributed by atoms with Crippen LogP contribution in [-0.4, -0.2) is 20.8 Å². The van der Waals surface area contributed by atoms with Gasteiger partial charge in [0.05, 0.1) is 11.5 Å². The maximum Gasteiger partial charge on any atom is 0.113 e. The second kappa shape index (κ2) is 2.68. The van der Waals surface area contributed by atoms with Gasteiger partial charge >= 0.3 is 0 Å². The Hall–Kier alpha value is -0.670. The highest BCUT2D eigenvalue weighted by molar-refractivity contribution is 7.86. The minimum atomic E-state index is -0.813. The number of hydrogen-bond donors (Lipinski definition) is 1. The van der Waals surface area contributed by atoms with Gasteiger partial charge in [-0.15, -0.1) is 0 Å². The molecule has 1 aromatic carbocycles. The van der Waals surface area contributed by atoms with Crippen molar-refractivity contribution in [2.45, 2.75) is 5.60 Å². The van der Waals surface area contributed by atoms with E-state index in [-0.39, 0.29) is 0 Å². The summed E-state index contributed by atoms with van der Waals surface area (Å²) in [5.74, 6) is 0.772. The molecule has 1 aliphatic rings. The normalized spacial score (nSPS) is 34.2. The van der Waals surface area contributed by atoms with Gasteiger partial charge in [-0.3, -0.25) is 4.21 Å². The van der Waals surface area contributed by atoms with Gasteiger partial charge in [0.1, 0.15) is 5.60 Å². The third-order valence-corrected chi connectivity index (χ3v) is 3.71. The van der Waals surface area contributed by atoms with Gasteiger partial charge in [-0.05, 0) is 5.56 Å². The van der Waals surface area contributed by atoms with Crippen LogP contribution in [0.3, 0.4) is 0 Å². The molecular weight excluding hydrogens is 172 g/mol. The van der Waals surface area contributed by atoms with Crippen LogP contribution in [-0.2, 0) is 16.4 Å². The molecule has 12 heavy (non-hydrogen) atoms. The summed E-state index contributed by atoms with van der Waals surface area (Å²) in [6.45, 7) is 0. The molecular formula is C9H10O2S. The Morgan fingerprint density at radius 1 is 1.25 bits per heavy atom. The molecule has 1 aromatic rings. The van der Waals surface area contributed by atoms with Gasteiger partial charge in [0.15, 0.2) is 0 Å². The van der Waals surface area contributed by atoms with Crippen molar-refractivity contribution in [3.63, 3.8) is 0 Å². The van der Waals surface area contributed by atoms with Crippen LogP contribution in [0.4, 0.5) is 0 Å². The van der Waals surface area contributed by atoms with Gasteiger partial charge in [-0.2, -0.15) is 0 Å². The minimum Gasteiger partial charge on any atom is -0.383 e. The topological polar surface area (TPSA) is 37.3 Å². The van der Waals surface area contributed by atoms with Crippen molar-refractivity contribution in [3.05, 3.63) is 35.9 Å². The first kappa shape index (κ1) is 7.95. The highest BCUT2D eigenvalue weighted by Crippen LogP contribution is 2.30. The van der Waals surface area contributed by atoms with Crippen LogP contribution in [0.1, 0.15) is 5.56 Å². The lowest BCUT2D eigenvalue weighted by molar-refractivity contribution is 0.0729. The van der Waals surface area contributed by atoms with Gasteiger partial charge in [-0.1, -0.05) is 30.3 Å². The van der Waals surface area contributed by atoms with Gasteiger partial charge in [-0.25, -0.2) is 0 Å². The van der Waals surface area contributed by atoms with Crippen LogP contribution in [0.5, 0.6) is 0 Å². The van der Waals surface area contributed by atoms with Gasteiger partial charge in [0.25, 0.3) is 0 Å². The SMILES string of the molecule is O=S1CC(O)(c2ccccc2)C1. The van der Waals surface area contributed by atoms with E-state index >= 15 is 0 Å². The molecule has 0 radical (unpaired) electrons. The Kier molecular flexibility index (Phi) is 1.77. The Labute approximate surface area is 73.7 Å². The van der Waals surface area contributed by atoms with Crippen molar-refractivity contribution in [3.8, 4) is 0 Å². The van der Waals surface area contributed by atoms with E-state index in [1.54, 1.807) is 0 Å². The molecule has 1 N–H and O–H groups in total. The highest BCUT2D eigenvalue weighted by Gasteiger charge is 2.42. The first-order valence-corrected chi connectivity index (χ1v) is 5.32. The van der Waals surface area contributed by atoms with E-state index in [1.807, 2.05) is 30.3 Å². The fourth-order valence-electron chi connectivity index (χ4n) is 1.41. The van der Waals surface area contributed by atoms with Crippen molar-refractivity contribution >= 4 is 10.8 Å². The number of aliphatic hydroxyl groups is 1. The zero-order valence-electron chi connectivity index (χ0n) is 6.56. The Balaban J connectivity index is 2.27. The minimum absolute atomic E-state index is 0.386. The lowest BCUT2D eigenvalue weighted by Crippen LogP contribution is -2.48. The fourth-order valence-corrected chi connectivity index (χ4v) is 2.72. The van der Waals surface area contributed by atoms with E-state index in [2.05, 4.69) is 0 Å². The second-order valence-corrected chi connectivity index (χ2v) is 4.58. The van der Waals surface area contributed by atoms with Gasteiger partial charge < -0.3 is 5.11 Å². The molecule has 1 heterocycles. The molecule has 0 spiro atoms.